The van der Waals surface area contributed by atoms with Crippen molar-refractivity contribution in [3.63, 3.8) is 0 Å². The summed E-state index contributed by atoms with van der Waals surface area (Å²) in [6, 6.07) is 14.2. The summed E-state index contributed by atoms with van der Waals surface area (Å²) in [5.74, 6) is 0.543. The summed E-state index contributed by atoms with van der Waals surface area (Å²) in [6.45, 7) is 0.364. The molecular formula is C16H16ClNO2. The second-order valence-electron chi connectivity index (χ2n) is 4.62. The van der Waals surface area contributed by atoms with Gasteiger partial charge in [-0.1, -0.05) is 30.3 Å². The minimum Gasteiger partial charge on any atom is -0.508 e. The number of hydrogen-bond acceptors (Lipinski definition) is 2. The monoisotopic (exact) mass is 289 g/mol. The molecule has 0 heterocycles. The number of halogens is 1. The van der Waals surface area contributed by atoms with Crippen molar-refractivity contribution in [1.82, 2.24) is 4.90 Å². The van der Waals surface area contributed by atoms with E-state index in [0.717, 1.165) is 11.1 Å². The van der Waals surface area contributed by atoms with Crippen molar-refractivity contribution in [3.05, 3.63) is 65.2 Å². The van der Waals surface area contributed by atoms with E-state index in [1.165, 1.54) is 0 Å². The number of carbonyl (C=O) groups is 1. The molecule has 0 aromatic heterocycles. The molecule has 0 saturated carbocycles. The molecule has 0 bridgehead atoms. The number of nitrogens with zero attached hydrogens (tertiary/aromatic N) is 1. The molecule has 0 aliphatic heterocycles. The van der Waals surface area contributed by atoms with Crippen LogP contribution in [-0.2, 0) is 12.4 Å². The molecule has 1 N–H and O–H groups in total. The number of aromatic hydroxyl groups is 1. The smallest absolute Gasteiger partial charge is 0.253 e. The van der Waals surface area contributed by atoms with Crippen LogP contribution in [0.5, 0.6) is 5.75 Å². The number of rotatable bonds is 4. The second-order valence-corrected chi connectivity index (χ2v) is 4.89. The van der Waals surface area contributed by atoms with Crippen LogP contribution in [0.3, 0.4) is 0 Å². The van der Waals surface area contributed by atoms with Gasteiger partial charge in [0.25, 0.3) is 5.91 Å². The summed E-state index contributed by atoms with van der Waals surface area (Å²) in [5, 5.41) is 9.73. The molecule has 104 valence electrons. The van der Waals surface area contributed by atoms with Crippen molar-refractivity contribution in [1.29, 1.82) is 0 Å². The Bertz CT molecular complexity index is 596. The van der Waals surface area contributed by atoms with Gasteiger partial charge in [-0.15, -0.1) is 11.6 Å². The molecule has 0 atom stereocenters. The van der Waals surface area contributed by atoms with E-state index in [9.17, 15) is 9.90 Å². The summed E-state index contributed by atoms with van der Waals surface area (Å²) in [6.07, 6.45) is 0. The Morgan fingerprint density at radius 1 is 1.15 bits per heavy atom. The fourth-order valence-electron chi connectivity index (χ4n) is 1.93. The lowest BCUT2D eigenvalue weighted by Crippen LogP contribution is -2.26. The van der Waals surface area contributed by atoms with Gasteiger partial charge in [-0.3, -0.25) is 4.79 Å². The highest BCUT2D eigenvalue weighted by molar-refractivity contribution is 6.17. The van der Waals surface area contributed by atoms with Crippen molar-refractivity contribution in [2.45, 2.75) is 12.4 Å². The lowest BCUT2D eigenvalue weighted by Gasteiger charge is -2.18. The van der Waals surface area contributed by atoms with Crippen molar-refractivity contribution >= 4 is 17.5 Å². The average Bonchev–Trinajstić information content (AvgIpc) is 2.49. The lowest BCUT2D eigenvalue weighted by atomic mass is 10.1. The zero-order chi connectivity index (χ0) is 14.5. The van der Waals surface area contributed by atoms with Crippen LogP contribution in [-0.4, -0.2) is 23.0 Å². The third-order valence-corrected chi connectivity index (χ3v) is 3.41. The zero-order valence-electron chi connectivity index (χ0n) is 11.2. The first-order valence-corrected chi connectivity index (χ1v) is 6.82. The Labute approximate surface area is 123 Å². The van der Waals surface area contributed by atoms with E-state index in [0.29, 0.717) is 18.0 Å². The van der Waals surface area contributed by atoms with Gasteiger partial charge in [0.2, 0.25) is 0 Å². The normalized spacial score (nSPS) is 10.3. The quantitative estimate of drug-likeness (QED) is 0.876. The number of para-hydroxylation sites is 1. The van der Waals surface area contributed by atoms with Gasteiger partial charge in [-0.2, -0.15) is 0 Å². The molecule has 0 fully saturated rings. The molecule has 0 saturated heterocycles. The minimum absolute atomic E-state index is 0.0885. The predicted octanol–water partition coefficient (Wildman–Crippen LogP) is 3.40. The van der Waals surface area contributed by atoms with Crippen LogP contribution in [0.2, 0.25) is 0 Å². The van der Waals surface area contributed by atoms with E-state index in [-0.39, 0.29) is 11.7 Å². The number of benzene rings is 2. The van der Waals surface area contributed by atoms with E-state index in [1.54, 1.807) is 42.3 Å². The molecule has 2 aromatic carbocycles. The lowest BCUT2D eigenvalue weighted by molar-refractivity contribution is 0.0784. The third kappa shape index (κ3) is 3.31. The summed E-state index contributed by atoms with van der Waals surface area (Å²) >= 11 is 5.72. The summed E-state index contributed by atoms with van der Waals surface area (Å²) in [4.78, 5) is 13.8. The molecule has 0 radical (unpaired) electrons. The van der Waals surface area contributed by atoms with Gasteiger partial charge in [0.1, 0.15) is 5.75 Å². The van der Waals surface area contributed by atoms with Crippen LogP contribution in [0.15, 0.2) is 48.5 Å². The highest BCUT2D eigenvalue weighted by atomic mass is 35.5. The first-order chi connectivity index (χ1) is 9.61. The Morgan fingerprint density at radius 3 is 2.40 bits per heavy atom. The molecule has 4 heteroatoms. The molecule has 0 unspecified atom stereocenters. The van der Waals surface area contributed by atoms with Crippen molar-refractivity contribution in [2.24, 2.45) is 0 Å². The van der Waals surface area contributed by atoms with Gasteiger partial charge >= 0.3 is 0 Å². The van der Waals surface area contributed by atoms with Gasteiger partial charge in [0, 0.05) is 30.6 Å². The van der Waals surface area contributed by atoms with Gasteiger partial charge in [0.05, 0.1) is 0 Å². The highest BCUT2D eigenvalue weighted by Crippen LogP contribution is 2.18. The predicted molar refractivity (Wildman–Crippen MR) is 79.9 cm³/mol. The van der Waals surface area contributed by atoms with Crippen LogP contribution < -0.4 is 0 Å². The van der Waals surface area contributed by atoms with Crippen molar-refractivity contribution in [2.75, 3.05) is 7.05 Å². The fourth-order valence-corrected chi connectivity index (χ4v) is 2.11. The van der Waals surface area contributed by atoms with Crippen LogP contribution >= 0.6 is 11.6 Å². The number of phenolic OH excluding ortho intramolecular Hbond substituents is 1. The Kier molecular flexibility index (Phi) is 4.64. The van der Waals surface area contributed by atoms with Crippen molar-refractivity contribution < 1.29 is 9.90 Å². The SMILES string of the molecule is CN(Cc1ccccc1O)C(=O)c1ccc(CCl)cc1. The van der Waals surface area contributed by atoms with Gasteiger partial charge < -0.3 is 10.0 Å². The van der Waals surface area contributed by atoms with Crippen LogP contribution in [0.1, 0.15) is 21.5 Å². The molecule has 0 spiro atoms. The number of amides is 1. The molecule has 2 rings (SSSR count). The van der Waals surface area contributed by atoms with Crippen LogP contribution in [0.25, 0.3) is 0 Å². The minimum atomic E-state index is -0.0885. The van der Waals surface area contributed by atoms with E-state index in [1.807, 2.05) is 18.2 Å². The maximum Gasteiger partial charge on any atom is 0.253 e. The van der Waals surface area contributed by atoms with Crippen LogP contribution in [0, 0.1) is 0 Å². The van der Waals surface area contributed by atoms with E-state index >= 15 is 0 Å². The molecular weight excluding hydrogens is 274 g/mol. The van der Waals surface area contributed by atoms with Gasteiger partial charge in [-0.05, 0) is 23.8 Å². The van der Waals surface area contributed by atoms with Gasteiger partial charge in [0.15, 0.2) is 0 Å². The first kappa shape index (κ1) is 14.4. The molecule has 0 aliphatic carbocycles. The van der Waals surface area contributed by atoms with E-state index in [2.05, 4.69) is 0 Å². The number of alkyl halides is 1. The van der Waals surface area contributed by atoms with E-state index in [4.69, 9.17) is 11.6 Å². The molecule has 0 aliphatic rings. The molecule has 1 amide bonds. The Morgan fingerprint density at radius 2 is 1.80 bits per heavy atom. The topological polar surface area (TPSA) is 40.5 Å². The first-order valence-electron chi connectivity index (χ1n) is 6.29. The fraction of sp³-hybridized carbons (Fsp3) is 0.188. The molecule has 3 nitrogen and oxygen atoms in total. The Hall–Kier alpha value is -2.00. The van der Waals surface area contributed by atoms with E-state index < -0.39 is 0 Å². The van der Waals surface area contributed by atoms with Crippen LogP contribution in [0.4, 0.5) is 0 Å². The largest absolute Gasteiger partial charge is 0.508 e. The molecule has 20 heavy (non-hydrogen) atoms. The standard InChI is InChI=1S/C16H16ClNO2/c1-18(11-14-4-2-3-5-15(14)19)16(20)13-8-6-12(10-17)7-9-13/h2-9,19H,10-11H2,1H3. The summed E-state index contributed by atoms with van der Waals surface area (Å²) in [5.41, 5.74) is 2.31. The zero-order valence-corrected chi connectivity index (χ0v) is 12.0. The number of hydrogen-bond donors (Lipinski definition) is 1. The molecule has 2 aromatic rings. The summed E-state index contributed by atoms with van der Waals surface area (Å²) in [7, 11) is 1.71. The summed E-state index contributed by atoms with van der Waals surface area (Å²) < 4.78 is 0. The average molecular weight is 290 g/mol. The van der Waals surface area contributed by atoms with Gasteiger partial charge in [-0.25, -0.2) is 0 Å². The number of phenols is 1. The third-order valence-electron chi connectivity index (χ3n) is 3.10. The maximum atomic E-state index is 12.3. The van der Waals surface area contributed by atoms with Crippen molar-refractivity contribution in [3.8, 4) is 5.75 Å². The Balaban J connectivity index is 2.10. The number of carbonyl (C=O) groups excluding carboxylic acids is 1. The maximum absolute atomic E-state index is 12.3. The highest BCUT2D eigenvalue weighted by Gasteiger charge is 2.13. The second kappa shape index (κ2) is 6.44.